The van der Waals surface area contributed by atoms with Crippen LogP contribution in [0.3, 0.4) is 0 Å². The van der Waals surface area contributed by atoms with Crippen molar-refractivity contribution in [3.63, 3.8) is 0 Å². The molecule has 0 aliphatic carbocycles. The Morgan fingerprint density at radius 1 is 1.07 bits per heavy atom. The van der Waals surface area contributed by atoms with Gasteiger partial charge in [0.25, 0.3) is 5.91 Å². The number of benzene rings is 2. The van der Waals surface area contributed by atoms with E-state index in [0.717, 1.165) is 11.0 Å². The Kier molecular flexibility index (Phi) is 10.2. The van der Waals surface area contributed by atoms with Crippen LogP contribution in [0.15, 0.2) is 65.7 Å². The molecule has 4 aromatic rings. The van der Waals surface area contributed by atoms with E-state index in [-0.39, 0.29) is 29.1 Å². The lowest BCUT2D eigenvalue weighted by Crippen LogP contribution is -2.42. The maximum absolute atomic E-state index is 13.7. The van der Waals surface area contributed by atoms with Gasteiger partial charge in [0.2, 0.25) is 0 Å². The minimum Gasteiger partial charge on any atom is -0.394 e. The van der Waals surface area contributed by atoms with Gasteiger partial charge in [-0.15, -0.1) is 11.8 Å². The molecule has 0 saturated heterocycles. The van der Waals surface area contributed by atoms with Gasteiger partial charge in [0.15, 0.2) is 7.85 Å². The number of fused-ring (bicyclic) bond motifs is 1. The van der Waals surface area contributed by atoms with Crippen molar-refractivity contribution in [2.75, 3.05) is 13.3 Å². The average Bonchev–Trinajstić information content (AvgIpc) is 3.28. The summed E-state index contributed by atoms with van der Waals surface area (Å²) in [6.45, 7) is -1.23. The van der Waals surface area contributed by atoms with Crippen LogP contribution in [0.2, 0.25) is 10.1 Å². The number of pyridine rings is 1. The number of carbonyl (C=O) groups is 1. The van der Waals surface area contributed by atoms with Crippen LogP contribution >= 0.6 is 23.4 Å². The highest BCUT2D eigenvalue weighted by Gasteiger charge is 2.36. The van der Waals surface area contributed by atoms with Crippen LogP contribution < -0.4 is 5.32 Å². The number of aliphatic hydroxyl groups excluding tert-OH is 1. The van der Waals surface area contributed by atoms with Crippen molar-refractivity contribution in [3.05, 3.63) is 93.9 Å². The lowest BCUT2D eigenvalue weighted by molar-refractivity contribution is -0.138. The zero-order valence-corrected chi connectivity index (χ0v) is 26.2. The summed E-state index contributed by atoms with van der Waals surface area (Å²) in [5.41, 5.74) is 0.807. The second-order valence-corrected chi connectivity index (χ2v) is 13.6. The number of nitrogens with zero attached hydrogens (tertiary/aromatic N) is 2. The molecule has 0 radical (unpaired) electrons. The van der Waals surface area contributed by atoms with E-state index < -0.39 is 46.9 Å². The Morgan fingerprint density at radius 2 is 1.80 bits per heavy atom. The second kappa shape index (κ2) is 13.2. The molecule has 0 saturated carbocycles. The lowest BCUT2D eigenvalue weighted by Gasteiger charge is -2.37. The molecule has 44 heavy (non-hydrogen) atoms. The average molecular weight is 643 g/mol. The number of carbonyl (C=O) groups excluding carboxylic acids is 1. The van der Waals surface area contributed by atoms with Crippen molar-refractivity contribution in [1.29, 1.82) is 0 Å². The van der Waals surface area contributed by atoms with Crippen LogP contribution in [0.5, 0.6) is 0 Å². The highest BCUT2D eigenvalue weighted by Crippen LogP contribution is 2.40. The molecule has 1 amide bonds. The summed E-state index contributed by atoms with van der Waals surface area (Å²) in [5.74, 6) is -0.501. The van der Waals surface area contributed by atoms with Crippen LogP contribution in [0, 0.1) is 0 Å². The molecular weight excluding hydrogens is 613 g/mol. The van der Waals surface area contributed by atoms with Crippen LogP contribution in [0.4, 0.5) is 17.6 Å². The van der Waals surface area contributed by atoms with E-state index in [9.17, 15) is 32.6 Å². The SMILES string of the molecule is BC(B)(B)C(B)(O)Sc1ccc(C(CO)NC(=O)c2ccc3c(c2)cc(Cc2ccc(Cl)cc2C(F)(F)F)n3CCF)nc1. The summed E-state index contributed by atoms with van der Waals surface area (Å²) in [7, 11) is 7.51. The van der Waals surface area contributed by atoms with Gasteiger partial charge in [-0.25, -0.2) is 4.39 Å². The predicted molar refractivity (Wildman–Crippen MR) is 176 cm³/mol. The zero-order valence-electron chi connectivity index (χ0n) is 24.7. The number of aromatic nitrogens is 2. The van der Waals surface area contributed by atoms with Crippen molar-refractivity contribution in [1.82, 2.24) is 14.9 Å². The van der Waals surface area contributed by atoms with Gasteiger partial charge in [-0.3, -0.25) is 9.78 Å². The second-order valence-electron chi connectivity index (χ2n) is 11.7. The predicted octanol–water partition coefficient (Wildman–Crippen LogP) is 2.08. The number of amides is 1. The number of hydrogen-bond acceptors (Lipinski definition) is 5. The first kappa shape index (κ1) is 34.0. The molecule has 0 spiro atoms. The van der Waals surface area contributed by atoms with Crippen LogP contribution in [0.1, 0.15) is 38.9 Å². The summed E-state index contributed by atoms with van der Waals surface area (Å²) >= 11 is 7.08. The molecule has 3 N–H and O–H groups in total. The van der Waals surface area contributed by atoms with Gasteiger partial charge in [0.1, 0.15) is 6.67 Å². The number of aryl methyl sites for hydroxylation is 1. The fourth-order valence-electron chi connectivity index (χ4n) is 4.62. The van der Waals surface area contributed by atoms with Crippen LogP contribution in [0.25, 0.3) is 10.9 Å². The molecule has 16 heteroatoms. The van der Waals surface area contributed by atoms with Gasteiger partial charge < -0.3 is 20.1 Å². The van der Waals surface area contributed by atoms with Crippen LogP contribution in [-0.4, -0.2) is 75.2 Å². The summed E-state index contributed by atoms with van der Waals surface area (Å²) in [6, 6.07) is 12.5. The number of aliphatic hydroxyl groups is 2. The molecule has 6 nitrogen and oxygen atoms in total. The quantitative estimate of drug-likeness (QED) is 0.101. The van der Waals surface area contributed by atoms with Gasteiger partial charge in [-0.2, -0.15) is 13.2 Å². The van der Waals surface area contributed by atoms with E-state index in [1.807, 2.05) is 23.5 Å². The largest absolute Gasteiger partial charge is 0.416 e. The van der Waals surface area contributed by atoms with Gasteiger partial charge in [0.05, 0.1) is 58.8 Å². The van der Waals surface area contributed by atoms with Crippen molar-refractivity contribution >= 4 is 71.6 Å². The number of thioether (sulfide) groups is 1. The number of alkyl halides is 4. The molecule has 228 valence electrons. The zero-order chi connectivity index (χ0) is 32.4. The third-order valence-electron chi connectivity index (χ3n) is 7.62. The molecule has 0 fully saturated rings. The van der Waals surface area contributed by atoms with E-state index >= 15 is 0 Å². The van der Waals surface area contributed by atoms with Crippen molar-refractivity contribution in [2.45, 2.75) is 40.0 Å². The lowest BCUT2D eigenvalue weighted by atomic mass is 9.37. The molecule has 2 heterocycles. The van der Waals surface area contributed by atoms with E-state index in [1.165, 1.54) is 30.0 Å². The van der Waals surface area contributed by atoms with E-state index in [4.69, 9.17) is 11.6 Å². The smallest absolute Gasteiger partial charge is 0.394 e. The molecule has 2 aromatic heterocycles. The maximum Gasteiger partial charge on any atom is 0.416 e. The Bertz CT molecular complexity index is 1650. The molecule has 0 aliphatic rings. The molecular formula is C28H30B4ClF4N3O3S. The van der Waals surface area contributed by atoms with E-state index in [2.05, 4.69) is 10.3 Å². The fraction of sp³-hybridized carbons (Fsp3) is 0.286. The minimum absolute atomic E-state index is 0.00694. The maximum atomic E-state index is 13.7. The normalized spacial score (nSPS) is 14.3. The third kappa shape index (κ3) is 7.67. The van der Waals surface area contributed by atoms with Gasteiger partial charge in [0, 0.05) is 44.7 Å². The monoisotopic (exact) mass is 643 g/mol. The minimum atomic E-state index is -4.62. The number of hydrogen-bond donors (Lipinski definition) is 3. The number of nitrogens with one attached hydrogen (secondary N) is 1. The summed E-state index contributed by atoms with van der Waals surface area (Å²) in [6.07, 6.45) is -3.17. The highest BCUT2D eigenvalue weighted by atomic mass is 35.5. The first-order chi connectivity index (χ1) is 20.5. The van der Waals surface area contributed by atoms with Crippen molar-refractivity contribution in [2.24, 2.45) is 0 Å². The summed E-state index contributed by atoms with van der Waals surface area (Å²) < 4.78 is 56.2. The van der Waals surface area contributed by atoms with Gasteiger partial charge >= 0.3 is 6.18 Å². The highest BCUT2D eigenvalue weighted by molar-refractivity contribution is 8.01. The molecule has 0 bridgehead atoms. The topological polar surface area (TPSA) is 87.4 Å². The Morgan fingerprint density at radius 3 is 2.39 bits per heavy atom. The molecule has 2 atom stereocenters. The molecule has 0 aliphatic heterocycles. The first-order valence-electron chi connectivity index (χ1n) is 13.9. The first-order valence-corrected chi connectivity index (χ1v) is 15.1. The standard InChI is InChI=1S/C28H30B4ClF4N3O3S/c29-27(30,31)28(32,43)44-20-4-5-22(38-13-20)23(14-41)39-25(42)16-2-6-24-17(9-16)11-19(40(24)8-7-34)10-15-1-3-18(33)12-21(15)26(35,36)37/h1-6,9,11-13,23,41,43H,7-8,10,14,29-32H2,(H,39,42). The summed E-state index contributed by atoms with van der Waals surface area (Å²) in [5, 5.41) is 23.7. The van der Waals surface area contributed by atoms with Crippen molar-refractivity contribution in [3.8, 4) is 0 Å². The van der Waals surface area contributed by atoms with Crippen molar-refractivity contribution < 1.29 is 32.6 Å². The van der Waals surface area contributed by atoms with E-state index in [0.29, 0.717) is 22.3 Å². The van der Waals surface area contributed by atoms with Gasteiger partial charge in [-0.05, 0) is 54.1 Å². The molecule has 2 unspecified atom stereocenters. The Hall–Kier alpha value is -2.86. The number of halogens is 5. The number of rotatable bonds is 11. The Labute approximate surface area is 265 Å². The third-order valence-corrected chi connectivity index (χ3v) is 9.34. The molecule has 4 rings (SSSR count). The summed E-state index contributed by atoms with van der Waals surface area (Å²) in [4.78, 5) is 17.2. The van der Waals surface area contributed by atoms with Gasteiger partial charge in [-0.1, -0.05) is 22.8 Å². The van der Waals surface area contributed by atoms with E-state index in [1.54, 1.807) is 48.9 Å². The Balaban J connectivity index is 1.57. The van der Waals surface area contributed by atoms with Crippen LogP contribution in [-0.2, 0) is 19.1 Å². The fourth-order valence-corrected chi connectivity index (χ4v) is 5.80. The molecule has 2 aromatic carbocycles.